The lowest BCUT2D eigenvalue weighted by Crippen LogP contribution is -2.24. The van der Waals surface area contributed by atoms with Crippen LogP contribution in [0.25, 0.3) is 0 Å². The maximum atomic E-state index is 11.5. The van der Waals surface area contributed by atoms with E-state index in [1.165, 1.54) is 0 Å². The SMILES string of the molecule is Cc1c(N)cccc1C#CCNC(=O)OCc1ccccc1. The monoisotopic (exact) mass is 294 g/mol. The molecule has 2 aromatic carbocycles. The van der Waals surface area contributed by atoms with Crippen LogP contribution in [0.2, 0.25) is 0 Å². The van der Waals surface area contributed by atoms with Gasteiger partial charge < -0.3 is 15.8 Å². The Kier molecular flexibility index (Phi) is 5.44. The van der Waals surface area contributed by atoms with Gasteiger partial charge in [0.05, 0.1) is 6.54 Å². The van der Waals surface area contributed by atoms with Gasteiger partial charge in [-0.15, -0.1) is 0 Å². The molecule has 0 aliphatic heterocycles. The van der Waals surface area contributed by atoms with Gasteiger partial charge in [0.25, 0.3) is 0 Å². The van der Waals surface area contributed by atoms with Gasteiger partial charge in [0.1, 0.15) is 6.61 Å². The molecular weight excluding hydrogens is 276 g/mol. The summed E-state index contributed by atoms with van der Waals surface area (Å²) in [6, 6.07) is 15.1. The molecular formula is C18H18N2O2. The lowest BCUT2D eigenvalue weighted by atomic mass is 10.1. The Morgan fingerprint density at radius 2 is 1.95 bits per heavy atom. The molecule has 22 heavy (non-hydrogen) atoms. The fourth-order valence-corrected chi connectivity index (χ4v) is 1.82. The zero-order valence-corrected chi connectivity index (χ0v) is 12.4. The lowest BCUT2D eigenvalue weighted by Gasteiger charge is -2.04. The van der Waals surface area contributed by atoms with Crippen LogP contribution in [0.3, 0.4) is 0 Å². The Balaban J connectivity index is 1.78. The first kappa shape index (κ1) is 15.5. The fourth-order valence-electron chi connectivity index (χ4n) is 1.82. The van der Waals surface area contributed by atoms with Crippen LogP contribution in [-0.4, -0.2) is 12.6 Å². The van der Waals surface area contributed by atoms with Crippen molar-refractivity contribution in [2.24, 2.45) is 0 Å². The first-order valence-corrected chi connectivity index (χ1v) is 6.95. The zero-order chi connectivity index (χ0) is 15.8. The van der Waals surface area contributed by atoms with Crippen molar-refractivity contribution >= 4 is 11.8 Å². The molecule has 2 rings (SSSR count). The minimum absolute atomic E-state index is 0.224. The van der Waals surface area contributed by atoms with Crippen LogP contribution in [0.15, 0.2) is 48.5 Å². The number of rotatable bonds is 3. The van der Waals surface area contributed by atoms with E-state index in [0.29, 0.717) is 5.69 Å². The van der Waals surface area contributed by atoms with Crippen LogP contribution in [0, 0.1) is 18.8 Å². The number of carbonyl (C=O) groups is 1. The summed E-state index contributed by atoms with van der Waals surface area (Å²) in [5.41, 5.74) is 9.27. The van der Waals surface area contributed by atoms with Crippen molar-refractivity contribution in [2.75, 3.05) is 12.3 Å². The third kappa shape index (κ3) is 4.57. The van der Waals surface area contributed by atoms with Crippen molar-refractivity contribution in [3.8, 4) is 11.8 Å². The number of amides is 1. The zero-order valence-electron chi connectivity index (χ0n) is 12.4. The van der Waals surface area contributed by atoms with Gasteiger partial charge in [-0.3, -0.25) is 0 Å². The highest BCUT2D eigenvalue weighted by atomic mass is 16.5. The van der Waals surface area contributed by atoms with Crippen LogP contribution in [0.4, 0.5) is 10.5 Å². The molecule has 0 spiro atoms. The van der Waals surface area contributed by atoms with Gasteiger partial charge in [0, 0.05) is 11.3 Å². The van der Waals surface area contributed by atoms with Gasteiger partial charge in [-0.2, -0.15) is 0 Å². The molecule has 4 nitrogen and oxygen atoms in total. The average Bonchev–Trinajstić information content (AvgIpc) is 2.54. The van der Waals surface area contributed by atoms with Crippen molar-refractivity contribution in [1.29, 1.82) is 0 Å². The summed E-state index contributed by atoms with van der Waals surface area (Å²) < 4.78 is 5.09. The van der Waals surface area contributed by atoms with Crippen molar-refractivity contribution in [3.63, 3.8) is 0 Å². The van der Waals surface area contributed by atoms with Crippen LogP contribution < -0.4 is 11.1 Å². The molecule has 0 radical (unpaired) electrons. The Labute approximate surface area is 130 Å². The van der Waals surface area contributed by atoms with Crippen LogP contribution in [0.5, 0.6) is 0 Å². The molecule has 2 aromatic rings. The van der Waals surface area contributed by atoms with E-state index in [9.17, 15) is 4.79 Å². The van der Waals surface area contributed by atoms with Gasteiger partial charge in [-0.05, 0) is 30.2 Å². The number of hydrogen-bond acceptors (Lipinski definition) is 3. The summed E-state index contributed by atoms with van der Waals surface area (Å²) in [7, 11) is 0. The molecule has 1 amide bonds. The molecule has 0 heterocycles. The topological polar surface area (TPSA) is 64.3 Å². The lowest BCUT2D eigenvalue weighted by molar-refractivity contribution is 0.141. The number of anilines is 1. The quantitative estimate of drug-likeness (QED) is 0.676. The third-order valence-electron chi connectivity index (χ3n) is 3.13. The Bertz CT molecular complexity index is 700. The van der Waals surface area contributed by atoms with E-state index in [1.807, 2.05) is 55.5 Å². The van der Waals surface area contributed by atoms with E-state index in [-0.39, 0.29) is 13.2 Å². The Morgan fingerprint density at radius 1 is 1.18 bits per heavy atom. The van der Waals surface area contributed by atoms with E-state index < -0.39 is 6.09 Å². The summed E-state index contributed by atoms with van der Waals surface area (Å²) in [6.07, 6.45) is -0.484. The van der Waals surface area contributed by atoms with Gasteiger partial charge >= 0.3 is 6.09 Å². The number of nitrogens with one attached hydrogen (secondary N) is 1. The largest absolute Gasteiger partial charge is 0.445 e. The molecule has 0 unspecified atom stereocenters. The summed E-state index contributed by atoms with van der Waals surface area (Å²) >= 11 is 0. The second-order valence-corrected chi connectivity index (χ2v) is 4.74. The average molecular weight is 294 g/mol. The third-order valence-corrected chi connectivity index (χ3v) is 3.13. The van der Waals surface area contributed by atoms with E-state index >= 15 is 0 Å². The maximum absolute atomic E-state index is 11.5. The summed E-state index contributed by atoms with van der Waals surface area (Å²) in [4.78, 5) is 11.5. The van der Waals surface area contributed by atoms with E-state index in [4.69, 9.17) is 10.5 Å². The van der Waals surface area contributed by atoms with E-state index in [0.717, 1.165) is 16.7 Å². The van der Waals surface area contributed by atoms with Crippen LogP contribution in [-0.2, 0) is 11.3 Å². The molecule has 0 fully saturated rings. The van der Waals surface area contributed by atoms with Crippen molar-refractivity contribution < 1.29 is 9.53 Å². The van der Waals surface area contributed by atoms with Crippen molar-refractivity contribution in [1.82, 2.24) is 5.32 Å². The highest BCUT2D eigenvalue weighted by Crippen LogP contribution is 2.13. The second-order valence-electron chi connectivity index (χ2n) is 4.74. The summed E-state index contributed by atoms with van der Waals surface area (Å²) in [6.45, 7) is 2.39. The van der Waals surface area contributed by atoms with Crippen molar-refractivity contribution in [2.45, 2.75) is 13.5 Å². The molecule has 4 heteroatoms. The standard InChI is InChI=1S/C18H18N2O2/c1-14-16(9-5-11-17(14)19)10-6-12-20-18(21)22-13-15-7-3-2-4-8-15/h2-5,7-9,11H,12-13,19H2,1H3,(H,20,21). The van der Waals surface area contributed by atoms with Gasteiger partial charge in [0.15, 0.2) is 0 Å². The van der Waals surface area contributed by atoms with E-state index in [2.05, 4.69) is 17.2 Å². The Hall–Kier alpha value is -2.93. The molecule has 0 aliphatic rings. The number of carbonyl (C=O) groups excluding carboxylic acids is 1. The predicted molar refractivity (Wildman–Crippen MR) is 87.1 cm³/mol. The van der Waals surface area contributed by atoms with Gasteiger partial charge in [0.2, 0.25) is 0 Å². The summed E-state index contributed by atoms with van der Waals surface area (Å²) in [5, 5.41) is 2.59. The van der Waals surface area contributed by atoms with Gasteiger partial charge in [-0.25, -0.2) is 4.79 Å². The fraction of sp³-hybridized carbons (Fsp3) is 0.167. The molecule has 3 N–H and O–H groups in total. The number of nitrogen functional groups attached to an aromatic ring is 1. The number of nitrogens with two attached hydrogens (primary N) is 1. The normalized spacial score (nSPS) is 9.50. The minimum Gasteiger partial charge on any atom is -0.445 e. The second kappa shape index (κ2) is 7.75. The van der Waals surface area contributed by atoms with Crippen molar-refractivity contribution in [3.05, 3.63) is 65.2 Å². The number of ether oxygens (including phenoxy) is 1. The highest BCUT2D eigenvalue weighted by Gasteiger charge is 2.00. The molecule has 0 bridgehead atoms. The van der Waals surface area contributed by atoms with Gasteiger partial charge in [-0.1, -0.05) is 48.2 Å². The maximum Gasteiger partial charge on any atom is 0.408 e. The number of alkyl carbamates (subject to hydrolysis) is 1. The first-order chi connectivity index (χ1) is 10.7. The molecule has 0 saturated carbocycles. The number of benzene rings is 2. The predicted octanol–water partition coefficient (Wildman–Crippen LogP) is 2.86. The molecule has 0 aliphatic carbocycles. The van der Waals surface area contributed by atoms with E-state index in [1.54, 1.807) is 0 Å². The first-order valence-electron chi connectivity index (χ1n) is 6.95. The smallest absolute Gasteiger partial charge is 0.408 e. The van der Waals surface area contributed by atoms with Crippen LogP contribution >= 0.6 is 0 Å². The minimum atomic E-state index is -0.484. The van der Waals surface area contributed by atoms with Crippen LogP contribution in [0.1, 0.15) is 16.7 Å². The summed E-state index contributed by atoms with van der Waals surface area (Å²) in [5.74, 6) is 5.86. The molecule has 0 atom stereocenters. The highest BCUT2D eigenvalue weighted by molar-refractivity contribution is 5.67. The Morgan fingerprint density at radius 3 is 2.73 bits per heavy atom. The molecule has 0 aromatic heterocycles. The number of hydrogen-bond donors (Lipinski definition) is 2. The molecule has 0 saturated heterocycles. The molecule has 112 valence electrons.